The van der Waals surface area contributed by atoms with Crippen LogP contribution in [0.15, 0.2) is 35.9 Å². The van der Waals surface area contributed by atoms with E-state index in [4.69, 9.17) is 9.84 Å². The number of anilines is 1. The monoisotopic (exact) mass is 655 g/mol. The van der Waals surface area contributed by atoms with Crippen LogP contribution in [-0.2, 0) is 24.3 Å². The Hall–Kier alpha value is -3.65. The molecule has 3 saturated heterocycles. The van der Waals surface area contributed by atoms with Crippen molar-refractivity contribution in [3.05, 3.63) is 31.0 Å². The topological polar surface area (TPSA) is 137 Å². The van der Waals surface area contributed by atoms with E-state index < -0.39 is 33.3 Å². The lowest BCUT2D eigenvalue weighted by Gasteiger charge is -2.38. The lowest BCUT2D eigenvalue weighted by atomic mass is 10.1. The van der Waals surface area contributed by atoms with Gasteiger partial charge in [0.15, 0.2) is 0 Å². The van der Waals surface area contributed by atoms with Crippen molar-refractivity contribution in [1.29, 1.82) is 0 Å². The zero-order valence-electron chi connectivity index (χ0n) is 27.2. The molecule has 250 valence electrons. The van der Waals surface area contributed by atoms with Crippen LogP contribution >= 0.6 is 0 Å². The second kappa shape index (κ2) is 11.9. The van der Waals surface area contributed by atoms with Gasteiger partial charge in [-0.05, 0) is 78.0 Å². The maximum absolute atomic E-state index is 13.6. The molecule has 13 nitrogen and oxygen atoms in total. The molecule has 3 aliphatic heterocycles. The average molecular weight is 656 g/mol. The summed E-state index contributed by atoms with van der Waals surface area (Å²) >= 11 is 0. The number of likely N-dealkylation sites (tertiary alicyclic amines) is 2. The number of piperazine rings is 1. The molecule has 2 atom stereocenters. The Balaban J connectivity index is 1.25. The van der Waals surface area contributed by atoms with E-state index in [1.54, 1.807) is 33.0 Å². The molecule has 1 aromatic heterocycles. The number of sulfonamides is 1. The molecule has 0 radical (unpaired) electrons. The van der Waals surface area contributed by atoms with Crippen LogP contribution in [0.5, 0.6) is 0 Å². The number of aromatic nitrogens is 2. The van der Waals surface area contributed by atoms with Gasteiger partial charge in [-0.3, -0.25) is 19.2 Å². The number of carbonyl (C=O) groups excluding carboxylic acids is 3. The number of amides is 3. The lowest BCUT2D eigenvalue weighted by molar-refractivity contribution is -0.136. The van der Waals surface area contributed by atoms with E-state index in [-0.39, 0.29) is 22.8 Å². The largest absolute Gasteiger partial charge is 0.444 e. The van der Waals surface area contributed by atoms with Crippen molar-refractivity contribution < 1.29 is 27.5 Å². The summed E-state index contributed by atoms with van der Waals surface area (Å²) in [7, 11) is -3.83. The number of nitrogens with one attached hydrogen (secondary N) is 1. The molecule has 0 bridgehead atoms. The van der Waals surface area contributed by atoms with Gasteiger partial charge in [-0.25, -0.2) is 17.9 Å². The molecular formula is C32H45N7O6S. The Labute approximate surface area is 270 Å². The minimum absolute atomic E-state index is 0.0842. The maximum atomic E-state index is 13.6. The van der Waals surface area contributed by atoms with Crippen LogP contribution in [0.2, 0.25) is 0 Å². The number of fused-ring (bicyclic) bond motifs is 1. The van der Waals surface area contributed by atoms with Crippen molar-refractivity contribution in [2.24, 2.45) is 0 Å². The molecule has 14 heteroatoms. The quantitative estimate of drug-likeness (QED) is 0.450. The van der Waals surface area contributed by atoms with Crippen LogP contribution in [-0.4, -0.2) is 114 Å². The van der Waals surface area contributed by atoms with Crippen LogP contribution < -0.4 is 9.62 Å². The van der Waals surface area contributed by atoms with Crippen LogP contribution in [0.4, 0.5) is 10.5 Å². The van der Waals surface area contributed by atoms with E-state index in [0.717, 1.165) is 30.3 Å². The van der Waals surface area contributed by atoms with Crippen LogP contribution in [0.1, 0.15) is 65.8 Å². The zero-order valence-corrected chi connectivity index (χ0v) is 28.0. The molecule has 4 aliphatic rings. The van der Waals surface area contributed by atoms with E-state index in [2.05, 4.69) is 16.2 Å². The minimum atomic E-state index is -3.83. The maximum Gasteiger partial charge on any atom is 0.410 e. The Morgan fingerprint density at radius 2 is 1.76 bits per heavy atom. The van der Waals surface area contributed by atoms with Gasteiger partial charge in [0.1, 0.15) is 11.6 Å². The summed E-state index contributed by atoms with van der Waals surface area (Å²) in [6.07, 6.45) is 6.22. The third kappa shape index (κ3) is 6.46. The number of ether oxygens (including phenoxy) is 1. The number of rotatable bonds is 7. The van der Waals surface area contributed by atoms with Crippen LogP contribution in [0.3, 0.4) is 0 Å². The Kier molecular flexibility index (Phi) is 8.33. The molecule has 0 spiro atoms. The average Bonchev–Trinajstić information content (AvgIpc) is 3.45. The third-order valence-corrected chi connectivity index (χ3v) is 11.1. The van der Waals surface area contributed by atoms with E-state index in [1.165, 1.54) is 6.08 Å². The predicted molar refractivity (Wildman–Crippen MR) is 173 cm³/mol. The lowest BCUT2D eigenvalue weighted by Crippen LogP contribution is -2.55. The van der Waals surface area contributed by atoms with Gasteiger partial charge in [-0.15, -0.1) is 0 Å². The molecule has 1 aliphatic carbocycles. The molecule has 2 aromatic rings. The summed E-state index contributed by atoms with van der Waals surface area (Å²) in [5.74, 6) is -0.219. The fourth-order valence-electron chi connectivity index (χ4n) is 6.69. The summed E-state index contributed by atoms with van der Waals surface area (Å²) in [5, 5.41) is 5.52. The summed E-state index contributed by atoms with van der Waals surface area (Å²) in [4.78, 5) is 46.1. The van der Waals surface area contributed by atoms with Gasteiger partial charge in [-0.2, -0.15) is 5.10 Å². The van der Waals surface area contributed by atoms with Crippen molar-refractivity contribution in [2.75, 3.05) is 50.7 Å². The standard InChI is InChI=1S/C32H45N7O6S/c1-6-28(40)37-13-9-22(21-37)39-27-19-23(46(43,44)34-32(5)10-11-32)18-26(24(27)20-33-39)35-14-16-36(17-15-35)29(41)25-8-7-12-38(25)30(42)45-31(2,3)4/h6,18-20,22,25,34H,1,7-17,21H2,2-5H3/t22?,25-/m0/s1. The molecular weight excluding hydrogens is 610 g/mol. The predicted octanol–water partition coefficient (Wildman–Crippen LogP) is 2.87. The summed E-state index contributed by atoms with van der Waals surface area (Å²) in [6, 6.07) is 2.75. The smallest absolute Gasteiger partial charge is 0.410 e. The number of nitrogens with zero attached hydrogens (tertiary/aromatic N) is 6. The van der Waals surface area contributed by atoms with Crippen LogP contribution in [0, 0.1) is 0 Å². The van der Waals surface area contributed by atoms with E-state index in [0.29, 0.717) is 64.2 Å². The second-order valence-electron chi connectivity index (χ2n) is 14.2. The van der Waals surface area contributed by atoms with Crippen molar-refractivity contribution in [3.8, 4) is 0 Å². The van der Waals surface area contributed by atoms with Crippen LogP contribution in [0.25, 0.3) is 10.9 Å². The first kappa shape index (κ1) is 32.3. The molecule has 6 rings (SSSR count). The number of hydrogen-bond acceptors (Lipinski definition) is 8. The van der Waals surface area contributed by atoms with Gasteiger partial charge in [0, 0.05) is 62.4 Å². The highest BCUT2D eigenvalue weighted by atomic mass is 32.2. The molecule has 3 amide bonds. The summed E-state index contributed by atoms with van der Waals surface area (Å²) in [5.41, 5.74) is 0.344. The Morgan fingerprint density at radius 1 is 1.04 bits per heavy atom. The first-order chi connectivity index (χ1) is 21.7. The zero-order chi connectivity index (χ0) is 33.0. The van der Waals surface area contributed by atoms with Gasteiger partial charge >= 0.3 is 6.09 Å². The SMILES string of the molecule is C=CC(=O)N1CCC(n2ncc3c(N4CCN(C(=O)[C@@H]5CCCN5C(=O)OC(C)(C)C)CC4)cc(S(=O)(=O)NC4(C)CC4)cc32)C1. The number of hydrogen-bond donors (Lipinski definition) is 1. The van der Waals surface area contributed by atoms with Crippen molar-refractivity contribution in [2.45, 2.75) is 87.9 Å². The molecule has 1 unspecified atom stereocenters. The van der Waals surface area contributed by atoms with E-state index in [9.17, 15) is 22.8 Å². The highest BCUT2D eigenvalue weighted by Crippen LogP contribution is 2.38. The van der Waals surface area contributed by atoms with Crippen molar-refractivity contribution in [1.82, 2.24) is 29.2 Å². The second-order valence-corrected chi connectivity index (χ2v) is 15.9. The molecule has 46 heavy (non-hydrogen) atoms. The first-order valence-corrected chi connectivity index (χ1v) is 17.7. The first-order valence-electron chi connectivity index (χ1n) is 16.2. The molecule has 1 aromatic carbocycles. The Morgan fingerprint density at radius 3 is 2.41 bits per heavy atom. The minimum Gasteiger partial charge on any atom is -0.444 e. The van der Waals surface area contributed by atoms with Gasteiger partial charge in [-0.1, -0.05) is 6.58 Å². The van der Waals surface area contributed by atoms with Gasteiger partial charge in [0.2, 0.25) is 21.8 Å². The summed E-state index contributed by atoms with van der Waals surface area (Å²) < 4.78 is 37.6. The fourth-order valence-corrected chi connectivity index (χ4v) is 8.20. The van der Waals surface area contributed by atoms with Gasteiger partial charge in [0.25, 0.3) is 0 Å². The van der Waals surface area contributed by atoms with Gasteiger partial charge in [0.05, 0.1) is 22.7 Å². The fraction of sp³-hybridized carbons (Fsp3) is 0.625. The van der Waals surface area contributed by atoms with Crippen molar-refractivity contribution >= 4 is 44.5 Å². The number of benzene rings is 1. The van der Waals surface area contributed by atoms with E-state index >= 15 is 0 Å². The third-order valence-electron chi connectivity index (χ3n) is 9.45. The summed E-state index contributed by atoms with van der Waals surface area (Å²) in [6.45, 7) is 14.3. The number of carbonyl (C=O) groups is 3. The van der Waals surface area contributed by atoms with E-state index in [1.807, 2.05) is 32.4 Å². The van der Waals surface area contributed by atoms with Gasteiger partial charge < -0.3 is 19.4 Å². The molecule has 4 heterocycles. The molecule has 1 N–H and O–H groups in total. The highest BCUT2D eigenvalue weighted by molar-refractivity contribution is 7.89. The Bertz CT molecular complexity index is 1650. The van der Waals surface area contributed by atoms with Crippen molar-refractivity contribution in [3.63, 3.8) is 0 Å². The highest BCUT2D eigenvalue weighted by Gasteiger charge is 2.42. The molecule has 4 fully saturated rings. The molecule has 1 saturated carbocycles. The normalized spacial score (nSPS) is 23.2.